The van der Waals surface area contributed by atoms with Gasteiger partial charge in [-0.25, -0.2) is 0 Å². The molecule has 2 heterocycles. The summed E-state index contributed by atoms with van der Waals surface area (Å²) in [6, 6.07) is 7.98. The largest absolute Gasteiger partial charge is 0.494 e. The molecule has 2 saturated heterocycles. The summed E-state index contributed by atoms with van der Waals surface area (Å²) in [7, 11) is -0.380. The van der Waals surface area contributed by atoms with Gasteiger partial charge in [0, 0.05) is 18.2 Å². The number of rotatable bonds is 2. The maximum atomic E-state index is 12.6. The first-order chi connectivity index (χ1) is 10.7. The quantitative estimate of drug-likeness (QED) is 0.788. The molecule has 2 aliphatic heterocycles. The van der Waals surface area contributed by atoms with E-state index in [2.05, 4.69) is 6.92 Å². The molecule has 23 heavy (non-hydrogen) atoms. The Morgan fingerprint density at radius 3 is 2.17 bits per heavy atom. The lowest BCUT2D eigenvalue weighted by molar-refractivity contribution is 0.00578. The van der Waals surface area contributed by atoms with Crippen LogP contribution >= 0.6 is 0 Å². The van der Waals surface area contributed by atoms with E-state index in [1.54, 1.807) is 0 Å². The van der Waals surface area contributed by atoms with E-state index in [-0.39, 0.29) is 24.2 Å². The van der Waals surface area contributed by atoms with Gasteiger partial charge in [0.2, 0.25) is 0 Å². The van der Waals surface area contributed by atoms with Gasteiger partial charge in [0.15, 0.2) is 0 Å². The van der Waals surface area contributed by atoms with Crippen molar-refractivity contribution in [2.45, 2.75) is 64.7 Å². The highest BCUT2D eigenvalue weighted by Gasteiger charge is 2.51. The molecule has 0 spiro atoms. The molecular formula is C18H26BNO3. The fourth-order valence-electron chi connectivity index (χ4n) is 3.16. The molecule has 0 aromatic heterocycles. The third-order valence-electron chi connectivity index (χ3n) is 5.50. The van der Waals surface area contributed by atoms with Crippen LogP contribution in [-0.2, 0) is 9.31 Å². The van der Waals surface area contributed by atoms with Crippen LogP contribution in [0.4, 0.5) is 0 Å². The van der Waals surface area contributed by atoms with Gasteiger partial charge in [0.1, 0.15) is 0 Å². The minimum absolute atomic E-state index is 0.121. The Bertz CT molecular complexity index is 581. The van der Waals surface area contributed by atoms with Gasteiger partial charge in [0.05, 0.1) is 11.2 Å². The van der Waals surface area contributed by atoms with Crippen LogP contribution in [-0.4, -0.2) is 41.7 Å². The van der Waals surface area contributed by atoms with Crippen LogP contribution < -0.4 is 5.46 Å². The van der Waals surface area contributed by atoms with Crippen LogP contribution in [0.25, 0.3) is 0 Å². The van der Waals surface area contributed by atoms with Crippen molar-refractivity contribution >= 4 is 18.5 Å². The Hall–Kier alpha value is -1.33. The first-order valence-corrected chi connectivity index (χ1v) is 8.48. The van der Waals surface area contributed by atoms with E-state index in [0.29, 0.717) is 6.04 Å². The molecule has 1 unspecified atom stereocenters. The topological polar surface area (TPSA) is 38.8 Å². The summed E-state index contributed by atoms with van der Waals surface area (Å²) in [5.74, 6) is 0.121. The predicted molar refractivity (Wildman–Crippen MR) is 91.9 cm³/mol. The number of carbonyl (C=O) groups excluding carboxylic acids is 1. The summed E-state index contributed by atoms with van der Waals surface area (Å²) in [5, 5.41) is 0. The van der Waals surface area contributed by atoms with Crippen LogP contribution in [0, 0.1) is 0 Å². The molecule has 2 fully saturated rings. The molecule has 0 N–H and O–H groups in total. The van der Waals surface area contributed by atoms with Crippen LogP contribution in [0.5, 0.6) is 0 Å². The molecule has 3 rings (SSSR count). The van der Waals surface area contributed by atoms with Gasteiger partial charge in [-0.15, -0.1) is 0 Å². The van der Waals surface area contributed by atoms with Gasteiger partial charge in [-0.2, -0.15) is 0 Å². The number of hydrogen-bond acceptors (Lipinski definition) is 3. The van der Waals surface area contributed by atoms with Crippen LogP contribution in [0.3, 0.4) is 0 Å². The minimum atomic E-state index is -0.380. The number of hydrogen-bond donors (Lipinski definition) is 0. The highest BCUT2D eigenvalue weighted by atomic mass is 16.7. The predicted octanol–water partition coefficient (Wildman–Crippen LogP) is 2.61. The number of nitrogens with zero attached hydrogens (tertiary/aromatic N) is 1. The molecule has 1 aromatic rings. The first-order valence-electron chi connectivity index (χ1n) is 8.48. The molecule has 0 radical (unpaired) electrons. The van der Waals surface area contributed by atoms with E-state index in [0.717, 1.165) is 30.4 Å². The van der Waals surface area contributed by atoms with Crippen molar-refractivity contribution in [1.82, 2.24) is 4.90 Å². The SMILES string of the molecule is CC1CCCN1C(=O)c1ccc(B2OC(C)(C)C(C)(C)O2)cc1. The van der Waals surface area contributed by atoms with Gasteiger partial charge < -0.3 is 14.2 Å². The van der Waals surface area contributed by atoms with E-state index in [1.807, 2.05) is 56.9 Å². The second-order valence-corrected chi connectivity index (χ2v) is 7.70. The monoisotopic (exact) mass is 315 g/mol. The molecule has 2 aliphatic rings. The fraction of sp³-hybridized carbons (Fsp3) is 0.611. The van der Waals surface area contributed by atoms with Crippen molar-refractivity contribution in [2.24, 2.45) is 0 Å². The lowest BCUT2D eigenvalue weighted by atomic mass is 9.79. The van der Waals surface area contributed by atoms with E-state index in [1.165, 1.54) is 0 Å². The normalized spacial score (nSPS) is 25.9. The Morgan fingerprint density at radius 1 is 1.13 bits per heavy atom. The number of benzene rings is 1. The molecule has 1 amide bonds. The molecule has 0 saturated carbocycles. The van der Waals surface area contributed by atoms with Gasteiger partial charge in [-0.05, 0) is 65.1 Å². The highest BCUT2D eigenvalue weighted by Crippen LogP contribution is 2.36. The molecule has 1 aromatic carbocycles. The molecular weight excluding hydrogens is 289 g/mol. The van der Waals surface area contributed by atoms with E-state index in [9.17, 15) is 4.79 Å². The maximum absolute atomic E-state index is 12.6. The Kier molecular flexibility index (Phi) is 4.05. The van der Waals surface area contributed by atoms with Crippen LogP contribution in [0.1, 0.15) is 57.8 Å². The average Bonchev–Trinajstić information content (AvgIpc) is 2.99. The lowest BCUT2D eigenvalue weighted by Gasteiger charge is -2.32. The second-order valence-electron chi connectivity index (χ2n) is 7.70. The average molecular weight is 315 g/mol. The van der Waals surface area contributed by atoms with Crippen LogP contribution in [0.15, 0.2) is 24.3 Å². The summed E-state index contributed by atoms with van der Waals surface area (Å²) >= 11 is 0. The van der Waals surface area contributed by atoms with Crippen molar-refractivity contribution in [2.75, 3.05) is 6.54 Å². The molecule has 1 atom stereocenters. The zero-order valence-electron chi connectivity index (χ0n) is 14.8. The van der Waals surface area contributed by atoms with Crippen molar-refractivity contribution in [1.29, 1.82) is 0 Å². The fourth-order valence-corrected chi connectivity index (χ4v) is 3.16. The molecule has 124 valence electrons. The third-order valence-corrected chi connectivity index (χ3v) is 5.50. The van der Waals surface area contributed by atoms with Crippen molar-refractivity contribution in [3.8, 4) is 0 Å². The standard InChI is InChI=1S/C18H26BNO3/c1-13-7-6-12-20(13)16(21)14-8-10-15(11-9-14)19-22-17(2,3)18(4,5)23-19/h8-11,13H,6-7,12H2,1-5H3. The summed E-state index contributed by atoms with van der Waals surface area (Å²) < 4.78 is 12.1. The van der Waals surface area contributed by atoms with E-state index >= 15 is 0 Å². The Balaban J connectivity index is 1.74. The Morgan fingerprint density at radius 2 is 1.70 bits per heavy atom. The van der Waals surface area contributed by atoms with Crippen LogP contribution in [0.2, 0.25) is 0 Å². The maximum Gasteiger partial charge on any atom is 0.494 e. The van der Waals surface area contributed by atoms with Crippen molar-refractivity contribution < 1.29 is 14.1 Å². The second kappa shape index (κ2) is 5.64. The zero-order valence-corrected chi connectivity index (χ0v) is 14.8. The molecule has 5 heteroatoms. The van der Waals surface area contributed by atoms with E-state index in [4.69, 9.17) is 9.31 Å². The number of likely N-dealkylation sites (tertiary alicyclic amines) is 1. The summed E-state index contributed by atoms with van der Waals surface area (Å²) in [5.41, 5.74) is 0.988. The Labute approximate surface area is 139 Å². The van der Waals surface area contributed by atoms with Crippen molar-refractivity contribution in [3.63, 3.8) is 0 Å². The molecule has 0 bridgehead atoms. The zero-order chi connectivity index (χ0) is 16.8. The van der Waals surface area contributed by atoms with E-state index < -0.39 is 0 Å². The van der Waals surface area contributed by atoms with Crippen molar-refractivity contribution in [3.05, 3.63) is 29.8 Å². The smallest absolute Gasteiger partial charge is 0.399 e. The van der Waals surface area contributed by atoms with Gasteiger partial charge in [-0.3, -0.25) is 4.79 Å². The summed E-state index contributed by atoms with van der Waals surface area (Å²) in [6.45, 7) is 11.1. The number of carbonyl (C=O) groups is 1. The van der Waals surface area contributed by atoms with Gasteiger partial charge >= 0.3 is 7.12 Å². The lowest BCUT2D eigenvalue weighted by Crippen LogP contribution is -2.41. The number of amides is 1. The van der Waals surface area contributed by atoms with Gasteiger partial charge in [0.25, 0.3) is 5.91 Å². The molecule has 0 aliphatic carbocycles. The molecule has 4 nitrogen and oxygen atoms in total. The summed E-state index contributed by atoms with van der Waals surface area (Å²) in [6.07, 6.45) is 2.19. The minimum Gasteiger partial charge on any atom is -0.399 e. The van der Waals surface area contributed by atoms with Gasteiger partial charge in [-0.1, -0.05) is 12.1 Å². The summed E-state index contributed by atoms with van der Waals surface area (Å²) in [4.78, 5) is 14.5. The highest BCUT2D eigenvalue weighted by molar-refractivity contribution is 6.62. The first kappa shape index (κ1) is 16.5. The third kappa shape index (κ3) is 2.92.